The number of rotatable bonds is 3. The molecule has 0 atom stereocenters. The van der Waals surface area contributed by atoms with E-state index in [1.807, 2.05) is 0 Å². The average Bonchev–Trinajstić information content (AvgIpc) is 3.00. The molecular formula is C19H15N3O3. The van der Waals surface area contributed by atoms with Crippen LogP contribution in [-0.2, 0) is 0 Å². The van der Waals surface area contributed by atoms with Crippen molar-refractivity contribution >= 4 is 39.2 Å². The number of carbonyl (C=O) groups excluding carboxylic acids is 1. The molecule has 0 saturated heterocycles. The van der Waals surface area contributed by atoms with Crippen LogP contribution in [-0.4, -0.2) is 18.0 Å². The fourth-order valence-corrected chi connectivity index (χ4v) is 2.86. The highest BCUT2D eigenvalue weighted by atomic mass is 16.5. The van der Waals surface area contributed by atoms with E-state index in [4.69, 9.17) is 14.9 Å². The molecule has 2 aromatic carbocycles. The number of hydrogen-bond donors (Lipinski definition) is 2. The average molecular weight is 333 g/mol. The van der Waals surface area contributed by atoms with Gasteiger partial charge in [0.05, 0.1) is 24.6 Å². The van der Waals surface area contributed by atoms with Gasteiger partial charge in [0, 0.05) is 22.7 Å². The molecule has 4 rings (SSSR count). The van der Waals surface area contributed by atoms with Crippen molar-refractivity contribution in [1.82, 2.24) is 4.98 Å². The monoisotopic (exact) mass is 333 g/mol. The summed E-state index contributed by atoms with van der Waals surface area (Å²) in [4.78, 5) is 16.8. The summed E-state index contributed by atoms with van der Waals surface area (Å²) in [6, 6.07) is 12.3. The second-order valence-corrected chi connectivity index (χ2v) is 5.57. The smallest absolute Gasteiger partial charge is 0.256 e. The molecule has 0 unspecified atom stereocenters. The molecule has 0 radical (unpaired) electrons. The minimum atomic E-state index is -0.259. The standard InChI is InChI=1S/C19H15N3O3/c1-24-16-7-5-13(19(23)22-12-3-2-8-21-10-12)17-14-9-11(20)4-6-15(14)25-18(16)17/h2-10H,20H2,1H3,(H,22,23). The summed E-state index contributed by atoms with van der Waals surface area (Å²) in [5.74, 6) is 0.300. The summed E-state index contributed by atoms with van der Waals surface area (Å²) in [6.07, 6.45) is 3.23. The molecule has 0 aliphatic carbocycles. The summed E-state index contributed by atoms with van der Waals surface area (Å²) in [7, 11) is 1.56. The number of aromatic nitrogens is 1. The van der Waals surface area contributed by atoms with E-state index in [2.05, 4.69) is 10.3 Å². The number of pyridine rings is 1. The Morgan fingerprint density at radius 1 is 1.24 bits per heavy atom. The van der Waals surface area contributed by atoms with E-state index in [0.717, 1.165) is 5.39 Å². The van der Waals surface area contributed by atoms with E-state index >= 15 is 0 Å². The SMILES string of the molecule is COc1ccc(C(=O)Nc2cccnc2)c2c1oc1ccc(N)cc12. The predicted octanol–water partition coefficient (Wildman–Crippen LogP) is 3.82. The zero-order valence-electron chi connectivity index (χ0n) is 13.4. The number of benzene rings is 2. The van der Waals surface area contributed by atoms with Gasteiger partial charge in [-0.2, -0.15) is 0 Å². The molecule has 3 N–H and O–H groups in total. The third kappa shape index (κ3) is 2.53. The summed E-state index contributed by atoms with van der Waals surface area (Å²) >= 11 is 0. The van der Waals surface area contributed by atoms with Gasteiger partial charge >= 0.3 is 0 Å². The first-order valence-electron chi connectivity index (χ1n) is 7.67. The summed E-state index contributed by atoms with van der Waals surface area (Å²) < 4.78 is 11.3. The highest BCUT2D eigenvalue weighted by Gasteiger charge is 2.20. The van der Waals surface area contributed by atoms with Crippen molar-refractivity contribution in [3.05, 3.63) is 60.4 Å². The largest absolute Gasteiger partial charge is 0.493 e. The number of hydrogen-bond acceptors (Lipinski definition) is 5. The molecule has 2 heterocycles. The van der Waals surface area contributed by atoms with Crippen LogP contribution in [0.2, 0.25) is 0 Å². The number of nitrogen functional groups attached to an aromatic ring is 1. The van der Waals surface area contributed by atoms with Crippen molar-refractivity contribution < 1.29 is 13.9 Å². The Kier molecular flexibility index (Phi) is 3.50. The second-order valence-electron chi connectivity index (χ2n) is 5.57. The number of carbonyl (C=O) groups is 1. The van der Waals surface area contributed by atoms with Gasteiger partial charge in [-0.05, 0) is 42.5 Å². The number of methoxy groups -OCH3 is 1. The lowest BCUT2D eigenvalue weighted by molar-refractivity contribution is 0.102. The molecule has 1 amide bonds. The van der Waals surface area contributed by atoms with Crippen LogP contribution in [0.25, 0.3) is 21.9 Å². The van der Waals surface area contributed by atoms with Gasteiger partial charge in [-0.25, -0.2) is 0 Å². The van der Waals surface area contributed by atoms with Crippen LogP contribution in [0.4, 0.5) is 11.4 Å². The van der Waals surface area contributed by atoms with E-state index < -0.39 is 0 Å². The Morgan fingerprint density at radius 2 is 2.12 bits per heavy atom. The highest BCUT2D eigenvalue weighted by molar-refractivity contribution is 6.20. The summed E-state index contributed by atoms with van der Waals surface area (Å²) in [5.41, 5.74) is 8.76. The Balaban J connectivity index is 1.92. The normalized spacial score (nSPS) is 10.9. The fraction of sp³-hybridized carbons (Fsp3) is 0.0526. The van der Waals surface area contributed by atoms with Crippen LogP contribution in [0.3, 0.4) is 0 Å². The van der Waals surface area contributed by atoms with Gasteiger partial charge in [0.15, 0.2) is 11.3 Å². The van der Waals surface area contributed by atoms with Gasteiger partial charge in [-0.3, -0.25) is 9.78 Å². The van der Waals surface area contributed by atoms with E-state index in [9.17, 15) is 4.79 Å². The van der Waals surface area contributed by atoms with E-state index in [1.54, 1.807) is 62.0 Å². The summed E-state index contributed by atoms with van der Waals surface area (Å²) in [5, 5.41) is 4.28. The predicted molar refractivity (Wildman–Crippen MR) is 96.9 cm³/mol. The van der Waals surface area contributed by atoms with Crippen molar-refractivity contribution in [2.24, 2.45) is 0 Å². The Hall–Kier alpha value is -3.54. The maximum Gasteiger partial charge on any atom is 0.256 e. The third-order valence-corrected chi connectivity index (χ3v) is 3.99. The van der Waals surface area contributed by atoms with Crippen molar-refractivity contribution in [2.45, 2.75) is 0 Å². The number of nitrogens with two attached hydrogens (primary N) is 1. The molecule has 0 aliphatic heterocycles. The molecule has 0 saturated carbocycles. The minimum absolute atomic E-state index is 0.259. The van der Waals surface area contributed by atoms with Crippen molar-refractivity contribution in [3.8, 4) is 5.75 Å². The van der Waals surface area contributed by atoms with Gasteiger partial charge < -0.3 is 20.2 Å². The molecule has 6 nitrogen and oxygen atoms in total. The first kappa shape index (κ1) is 15.0. The first-order valence-corrected chi connectivity index (χ1v) is 7.67. The number of anilines is 2. The lowest BCUT2D eigenvalue weighted by Gasteiger charge is -2.08. The van der Waals surface area contributed by atoms with Crippen LogP contribution >= 0.6 is 0 Å². The number of fused-ring (bicyclic) bond motifs is 3. The van der Waals surface area contributed by atoms with Gasteiger partial charge in [-0.15, -0.1) is 0 Å². The fourth-order valence-electron chi connectivity index (χ4n) is 2.86. The first-order chi connectivity index (χ1) is 12.2. The number of amides is 1. The Morgan fingerprint density at radius 3 is 2.88 bits per heavy atom. The van der Waals surface area contributed by atoms with Crippen molar-refractivity contribution in [3.63, 3.8) is 0 Å². The quantitative estimate of drug-likeness (QED) is 0.556. The van der Waals surface area contributed by atoms with Crippen LogP contribution in [0.15, 0.2) is 59.3 Å². The zero-order valence-corrected chi connectivity index (χ0v) is 13.4. The molecular weight excluding hydrogens is 318 g/mol. The zero-order chi connectivity index (χ0) is 17.4. The molecule has 124 valence electrons. The minimum Gasteiger partial charge on any atom is -0.493 e. The van der Waals surface area contributed by atoms with Gasteiger partial charge in [0.2, 0.25) is 0 Å². The lowest BCUT2D eigenvalue weighted by atomic mass is 10.0. The second kappa shape index (κ2) is 5.83. The molecule has 0 bridgehead atoms. The number of nitrogens with one attached hydrogen (secondary N) is 1. The topological polar surface area (TPSA) is 90.4 Å². The highest BCUT2D eigenvalue weighted by Crippen LogP contribution is 2.38. The van der Waals surface area contributed by atoms with Crippen molar-refractivity contribution in [2.75, 3.05) is 18.2 Å². The number of ether oxygens (including phenoxy) is 1. The molecule has 4 aromatic rings. The molecule has 0 aliphatic rings. The summed E-state index contributed by atoms with van der Waals surface area (Å²) in [6.45, 7) is 0. The molecule has 25 heavy (non-hydrogen) atoms. The maximum absolute atomic E-state index is 12.8. The van der Waals surface area contributed by atoms with Crippen LogP contribution in [0.5, 0.6) is 5.75 Å². The van der Waals surface area contributed by atoms with Crippen LogP contribution < -0.4 is 15.8 Å². The van der Waals surface area contributed by atoms with Crippen LogP contribution in [0.1, 0.15) is 10.4 Å². The van der Waals surface area contributed by atoms with E-state index in [1.165, 1.54) is 0 Å². The number of nitrogens with zero attached hydrogens (tertiary/aromatic N) is 1. The van der Waals surface area contributed by atoms with Crippen molar-refractivity contribution in [1.29, 1.82) is 0 Å². The van der Waals surface area contributed by atoms with Gasteiger partial charge in [0.25, 0.3) is 5.91 Å². The maximum atomic E-state index is 12.8. The molecule has 0 fully saturated rings. The molecule has 2 aromatic heterocycles. The van der Waals surface area contributed by atoms with E-state index in [0.29, 0.717) is 39.2 Å². The molecule has 0 spiro atoms. The lowest BCUT2D eigenvalue weighted by Crippen LogP contribution is -2.12. The number of furan rings is 1. The van der Waals surface area contributed by atoms with E-state index in [-0.39, 0.29) is 5.91 Å². The third-order valence-electron chi connectivity index (χ3n) is 3.99. The van der Waals surface area contributed by atoms with Gasteiger partial charge in [-0.1, -0.05) is 0 Å². The van der Waals surface area contributed by atoms with Crippen LogP contribution in [0, 0.1) is 0 Å². The Bertz CT molecular complexity index is 1090. The Labute approximate surface area is 143 Å². The molecule has 6 heteroatoms. The van der Waals surface area contributed by atoms with Gasteiger partial charge in [0.1, 0.15) is 5.58 Å².